The van der Waals surface area contributed by atoms with Gasteiger partial charge in [-0.05, 0) is 22.9 Å². The fraction of sp³-hybridized carbons (Fsp3) is 0.222. The molecule has 0 aliphatic heterocycles. The Morgan fingerprint density at radius 1 is 1.47 bits per heavy atom. The van der Waals surface area contributed by atoms with Gasteiger partial charge in [-0.1, -0.05) is 0 Å². The summed E-state index contributed by atoms with van der Waals surface area (Å²) in [5.74, 6) is 1.12. The van der Waals surface area contributed by atoms with Crippen LogP contribution in [0.15, 0.2) is 23.1 Å². The van der Waals surface area contributed by atoms with Crippen molar-refractivity contribution in [1.82, 2.24) is 19.7 Å². The van der Waals surface area contributed by atoms with E-state index in [1.165, 1.54) is 6.33 Å². The molecule has 0 aliphatic carbocycles. The first-order valence-electron chi connectivity index (χ1n) is 4.31. The predicted octanol–water partition coefficient (Wildman–Crippen LogP) is 2.07. The first-order chi connectivity index (χ1) is 7.16. The minimum absolute atomic E-state index is 0.480. The lowest BCUT2D eigenvalue weighted by Gasteiger charge is -2.04. The molecule has 0 bridgehead atoms. The van der Waals surface area contributed by atoms with Crippen LogP contribution >= 0.6 is 15.9 Å². The van der Waals surface area contributed by atoms with Gasteiger partial charge in [-0.15, -0.1) is 0 Å². The average molecular weight is 269 g/mol. The third-order valence-electron chi connectivity index (χ3n) is 1.79. The van der Waals surface area contributed by atoms with Gasteiger partial charge < -0.3 is 4.74 Å². The van der Waals surface area contributed by atoms with Crippen LogP contribution in [0, 0.1) is 6.92 Å². The molecule has 0 amide bonds. The van der Waals surface area contributed by atoms with Gasteiger partial charge in [0.2, 0.25) is 11.8 Å². The number of hydrogen-bond donors (Lipinski definition) is 0. The number of hydrogen-bond acceptors (Lipinski definition) is 4. The molecule has 0 aliphatic rings. The molecule has 78 valence electrons. The van der Waals surface area contributed by atoms with Gasteiger partial charge in [-0.2, -0.15) is 5.10 Å². The molecule has 0 atom stereocenters. The first-order valence-corrected chi connectivity index (χ1v) is 5.10. The minimum Gasteiger partial charge on any atom is -0.420 e. The Morgan fingerprint density at radius 2 is 2.27 bits per heavy atom. The van der Waals surface area contributed by atoms with Gasteiger partial charge in [0.1, 0.15) is 6.33 Å². The molecule has 5 nitrogen and oxygen atoms in total. The third-order valence-corrected chi connectivity index (χ3v) is 2.34. The summed E-state index contributed by atoms with van der Waals surface area (Å²) in [7, 11) is 1.82. The Kier molecular flexibility index (Phi) is 2.68. The number of ether oxygens (including phenoxy) is 1. The Balaban J connectivity index is 2.29. The number of halogens is 1. The fourth-order valence-corrected chi connectivity index (χ4v) is 1.46. The Labute approximate surface area is 95.2 Å². The molecule has 0 N–H and O–H groups in total. The normalized spacial score (nSPS) is 10.3. The maximum Gasteiger partial charge on any atom is 0.238 e. The summed E-state index contributed by atoms with van der Waals surface area (Å²) < 4.78 is 7.93. The Hall–Kier alpha value is -1.43. The standard InChI is InChI=1S/C9H9BrN4O/c1-6-3-8(14(2)13-6)15-9-7(10)4-11-5-12-9/h3-5H,1-2H3. The highest BCUT2D eigenvalue weighted by molar-refractivity contribution is 9.10. The molecule has 6 heteroatoms. The predicted molar refractivity (Wildman–Crippen MR) is 57.8 cm³/mol. The number of rotatable bonds is 2. The lowest BCUT2D eigenvalue weighted by Crippen LogP contribution is -1.97. The van der Waals surface area contributed by atoms with Crippen molar-refractivity contribution >= 4 is 15.9 Å². The highest BCUT2D eigenvalue weighted by Crippen LogP contribution is 2.25. The highest BCUT2D eigenvalue weighted by atomic mass is 79.9. The van der Waals surface area contributed by atoms with Gasteiger partial charge in [-0.3, -0.25) is 0 Å². The Bertz CT molecular complexity index is 483. The van der Waals surface area contributed by atoms with Gasteiger partial charge in [-0.25, -0.2) is 14.6 Å². The summed E-state index contributed by atoms with van der Waals surface area (Å²) in [4.78, 5) is 7.86. The molecular formula is C9H9BrN4O. The van der Waals surface area contributed by atoms with Crippen molar-refractivity contribution in [1.29, 1.82) is 0 Å². The number of aryl methyl sites for hydroxylation is 2. The molecule has 15 heavy (non-hydrogen) atoms. The van der Waals surface area contributed by atoms with Crippen molar-refractivity contribution in [3.8, 4) is 11.8 Å². The van der Waals surface area contributed by atoms with Crippen LogP contribution in [0.2, 0.25) is 0 Å². The lowest BCUT2D eigenvalue weighted by molar-refractivity contribution is 0.412. The molecule has 0 unspecified atom stereocenters. The zero-order valence-electron chi connectivity index (χ0n) is 8.31. The summed E-state index contributed by atoms with van der Waals surface area (Å²) in [6.45, 7) is 1.90. The third kappa shape index (κ3) is 2.15. The SMILES string of the molecule is Cc1cc(Oc2ncncc2Br)n(C)n1. The summed E-state index contributed by atoms with van der Waals surface area (Å²) in [5, 5.41) is 4.17. The van der Waals surface area contributed by atoms with E-state index in [1.807, 2.05) is 20.0 Å². The topological polar surface area (TPSA) is 52.8 Å². The van der Waals surface area contributed by atoms with Gasteiger partial charge in [0.15, 0.2) is 0 Å². The van der Waals surface area contributed by atoms with E-state index < -0.39 is 0 Å². The molecule has 0 saturated carbocycles. The smallest absolute Gasteiger partial charge is 0.238 e. The van der Waals surface area contributed by atoms with E-state index in [-0.39, 0.29) is 0 Å². The first kappa shape index (κ1) is 10.1. The van der Waals surface area contributed by atoms with Gasteiger partial charge in [0.25, 0.3) is 0 Å². The van der Waals surface area contributed by atoms with E-state index in [0.717, 1.165) is 5.69 Å². The van der Waals surface area contributed by atoms with Gasteiger partial charge >= 0.3 is 0 Å². The average Bonchev–Trinajstić information content (AvgIpc) is 2.49. The van der Waals surface area contributed by atoms with E-state index >= 15 is 0 Å². The van der Waals surface area contributed by atoms with Crippen LogP contribution in [0.3, 0.4) is 0 Å². The lowest BCUT2D eigenvalue weighted by atomic mass is 10.5. The van der Waals surface area contributed by atoms with Crippen molar-refractivity contribution in [2.24, 2.45) is 7.05 Å². The summed E-state index contributed by atoms with van der Waals surface area (Å²) in [6.07, 6.45) is 3.06. The number of aromatic nitrogens is 4. The quantitative estimate of drug-likeness (QED) is 0.837. The second-order valence-electron chi connectivity index (χ2n) is 3.03. The zero-order valence-corrected chi connectivity index (χ0v) is 9.89. The van der Waals surface area contributed by atoms with E-state index in [2.05, 4.69) is 31.0 Å². The van der Waals surface area contributed by atoms with Crippen LogP contribution in [-0.4, -0.2) is 19.7 Å². The monoisotopic (exact) mass is 268 g/mol. The van der Waals surface area contributed by atoms with Crippen LogP contribution in [0.25, 0.3) is 0 Å². The van der Waals surface area contributed by atoms with Crippen molar-refractivity contribution in [2.45, 2.75) is 6.92 Å². The number of nitrogens with zero attached hydrogens (tertiary/aromatic N) is 4. The maximum atomic E-state index is 5.56. The van der Waals surface area contributed by atoms with Crippen molar-refractivity contribution in [3.05, 3.63) is 28.8 Å². The second-order valence-corrected chi connectivity index (χ2v) is 3.88. The van der Waals surface area contributed by atoms with E-state index in [9.17, 15) is 0 Å². The second kappa shape index (κ2) is 3.98. The molecule has 0 saturated heterocycles. The van der Waals surface area contributed by atoms with Crippen molar-refractivity contribution in [2.75, 3.05) is 0 Å². The van der Waals surface area contributed by atoms with Crippen LogP contribution in [0.5, 0.6) is 11.8 Å². The van der Waals surface area contributed by atoms with Gasteiger partial charge in [0, 0.05) is 19.3 Å². The van der Waals surface area contributed by atoms with E-state index in [0.29, 0.717) is 16.2 Å². The molecule has 0 radical (unpaired) electrons. The summed E-state index contributed by atoms with van der Waals surface area (Å²) >= 11 is 3.31. The molecule has 2 aromatic heterocycles. The highest BCUT2D eigenvalue weighted by Gasteiger charge is 2.08. The molecule has 2 aromatic rings. The van der Waals surface area contributed by atoms with Crippen molar-refractivity contribution in [3.63, 3.8) is 0 Å². The molecule has 0 spiro atoms. The fourth-order valence-electron chi connectivity index (χ4n) is 1.16. The molecule has 0 aromatic carbocycles. The molecule has 2 rings (SSSR count). The van der Waals surface area contributed by atoms with Crippen LogP contribution in [0.1, 0.15) is 5.69 Å². The largest absolute Gasteiger partial charge is 0.420 e. The zero-order chi connectivity index (χ0) is 10.8. The molecule has 0 fully saturated rings. The van der Waals surface area contributed by atoms with E-state index in [1.54, 1.807) is 10.9 Å². The van der Waals surface area contributed by atoms with Crippen LogP contribution < -0.4 is 4.74 Å². The van der Waals surface area contributed by atoms with Gasteiger partial charge in [0.05, 0.1) is 10.2 Å². The Morgan fingerprint density at radius 3 is 2.87 bits per heavy atom. The van der Waals surface area contributed by atoms with Crippen LogP contribution in [0.4, 0.5) is 0 Å². The molecule has 2 heterocycles. The molecular weight excluding hydrogens is 260 g/mol. The minimum atomic E-state index is 0.480. The summed E-state index contributed by atoms with van der Waals surface area (Å²) in [6, 6.07) is 1.84. The maximum absolute atomic E-state index is 5.56. The van der Waals surface area contributed by atoms with E-state index in [4.69, 9.17) is 4.74 Å². The van der Waals surface area contributed by atoms with Crippen LogP contribution in [-0.2, 0) is 7.05 Å². The van der Waals surface area contributed by atoms with Crippen molar-refractivity contribution < 1.29 is 4.74 Å². The summed E-state index contributed by atoms with van der Waals surface area (Å²) in [5.41, 5.74) is 0.901.